The van der Waals surface area contributed by atoms with Crippen molar-refractivity contribution in [3.8, 4) is 5.75 Å². The Labute approximate surface area is 159 Å². The van der Waals surface area contributed by atoms with Gasteiger partial charge in [-0.2, -0.15) is 0 Å². The third kappa shape index (κ3) is 1.89. The molecule has 1 saturated heterocycles. The molecular formula is C23H25NO3. The predicted octanol–water partition coefficient (Wildman–Crippen LogP) is 3.47. The van der Waals surface area contributed by atoms with Crippen LogP contribution < -0.4 is 10.1 Å². The van der Waals surface area contributed by atoms with Gasteiger partial charge >= 0.3 is 5.97 Å². The summed E-state index contributed by atoms with van der Waals surface area (Å²) in [6, 6.07) is 14.9. The minimum absolute atomic E-state index is 0.00604. The first-order chi connectivity index (χ1) is 13.1. The summed E-state index contributed by atoms with van der Waals surface area (Å²) in [4.78, 5) is 12.7. The first-order valence-electron chi connectivity index (χ1n) is 9.74. The number of fused-ring (bicyclic) bond motifs is 1. The fourth-order valence-electron chi connectivity index (χ4n) is 6.43. The molecular weight excluding hydrogens is 338 g/mol. The van der Waals surface area contributed by atoms with E-state index in [4.69, 9.17) is 4.74 Å². The lowest BCUT2D eigenvalue weighted by molar-refractivity contribution is -0.157. The summed E-state index contributed by atoms with van der Waals surface area (Å²) < 4.78 is 5.73. The van der Waals surface area contributed by atoms with Crippen LogP contribution in [0.3, 0.4) is 0 Å². The quantitative estimate of drug-likeness (QED) is 0.877. The Morgan fingerprint density at radius 1 is 1.22 bits per heavy atom. The van der Waals surface area contributed by atoms with Gasteiger partial charge in [0.2, 0.25) is 0 Å². The second kappa shape index (κ2) is 5.59. The molecule has 4 atom stereocenters. The van der Waals surface area contributed by atoms with E-state index in [1.54, 1.807) is 7.11 Å². The van der Waals surface area contributed by atoms with E-state index >= 15 is 0 Å². The molecule has 2 bridgehead atoms. The first kappa shape index (κ1) is 16.8. The number of ether oxygens (including phenoxy) is 1. The third-order valence-corrected chi connectivity index (χ3v) is 7.51. The monoisotopic (exact) mass is 363 g/mol. The van der Waals surface area contributed by atoms with Crippen molar-refractivity contribution in [2.45, 2.75) is 31.1 Å². The second-order valence-corrected chi connectivity index (χ2v) is 8.38. The summed E-state index contributed by atoms with van der Waals surface area (Å²) in [5, 5.41) is 13.9. The van der Waals surface area contributed by atoms with Crippen molar-refractivity contribution in [3.05, 3.63) is 64.7 Å². The Morgan fingerprint density at radius 2 is 2.00 bits per heavy atom. The summed E-state index contributed by atoms with van der Waals surface area (Å²) in [5.41, 5.74) is 3.79. The number of hydrogen-bond donors (Lipinski definition) is 2. The Morgan fingerprint density at radius 3 is 2.70 bits per heavy atom. The Bertz CT molecular complexity index is 922. The zero-order valence-electron chi connectivity index (χ0n) is 15.8. The highest BCUT2D eigenvalue weighted by molar-refractivity contribution is 5.81. The third-order valence-electron chi connectivity index (χ3n) is 7.51. The molecule has 4 nitrogen and oxygen atoms in total. The number of aliphatic carboxylic acids is 1. The lowest BCUT2D eigenvalue weighted by atomic mass is 9.42. The Balaban J connectivity index is 1.87. The molecule has 27 heavy (non-hydrogen) atoms. The number of nitrogens with one attached hydrogen (secondary N) is 1. The van der Waals surface area contributed by atoms with Crippen LogP contribution in [0.15, 0.2) is 42.5 Å². The van der Waals surface area contributed by atoms with Gasteiger partial charge in [-0.3, -0.25) is 4.79 Å². The molecule has 0 radical (unpaired) electrons. The van der Waals surface area contributed by atoms with Crippen molar-refractivity contribution in [1.29, 1.82) is 0 Å². The van der Waals surface area contributed by atoms with Crippen molar-refractivity contribution < 1.29 is 14.6 Å². The van der Waals surface area contributed by atoms with Crippen molar-refractivity contribution >= 4 is 5.97 Å². The Hall–Kier alpha value is -2.33. The molecule has 4 aliphatic rings. The molecule has 0 spiro atoms. The van der Waals surface area contributed by atoms with Gasteiger partial charge in [-0.15, -0.1) is 0 Å². The highest BCUT2D eigenvalue weighted by Gasteiger charge is 2.69. The normalized spacial score (nSPS) is 33.4. The van der Waals surface area contributed by atoms with Gasteiger partial charge in [0, 0.05) is 35.9 Å². The van der Waals surface area contributed by atoms with Crippen LogP contribution >= 0.6 is 0 Å². The summed E-state index contributed by atoms with van der Waals surface area (Å²) in [5.74, 6) is 0.201. The second-order valence-electron chi connectivity index (χ2n) is 8.38. The summed E-state index contributed by atoms with van der Waals surface area (Å²) >= 11 is 0. The number of methoxy groups -OCH3 is 1. The molecule has 4 heteroatoms. The molecule has 4 unspecified atom stereocenters. The van der Waals surface area contributed by atoms with E-state index in [1.165, 1.54) is 16.7 Å². The zero-order chi connectivity index (χ0) is 18.8. The smallest absolute Gasteiger partial charge is 0.311 e. The molecule has 6 rings (SSSR count). The standard InChI is InChI=1S/C23H25NO3/c1-14-6-8-15(9-7-14)22-11-10-17(20-16(22)4-3-5-18(20)27-2)23(21(25)26)13-24-12-19(22)23/h3-9,17,19,24H,10-13H2,1-2H3,(H,25,26). The topological polar surface area (TPSA) is 58.6 Å². The van der Waals surface area contributed by atoms with Crippen LogP contribution in [-0.4, -0.2) is 31.3 Å². The average Bonchev–Trinajstić information content (AvgIpc) is 3.16. The summed E-state index contributed by atoms with van der Waals surface area (Å²) in [6.07, 6.45) is 1.87. The summed E-state index contributed by atoms with van der Waals surface area (Å²) in [6.45, 7) is 3.37. The van der Waals surface area contributed by atoms with E-state index in [0.717, 1.165) is 30.7 Å². The minimum atomic E-state index is -0.773. The van der Waals surface area contributed by atoms with E-state index in [1.807, 2.05) is 6.07 Å². The number of carboxylic acids is 1. The van der Waals surface area contributed by atoms with Crippen molar-refractivity contribution in [2.24, 2.45) is 11.3 Å². The van der Waals surface area contributed by atoms with Crippen LogP contribution in [0.4, 0.5) is 0 Å². The molecule has 0 aromatic heterocycles. The fraction of sp³-hybridized carbons (Fsp3) is 0.435. The van der Waals surface area contributed by atoms with Crippen LogP contribution in [0.5, 0.6) is 5.75 Å². The maximum absolute atomic E-state index is 12.7. The Kier molecular flexibility index (Phi) is 3.48. The van der Waals surface area contributed by atoms with Gasteiger partial charge in [-0.05, 0) is 37.0 Å². The number of hydrogen-bond acceptors (Lipinski definition) is 3. The van der Waals surface area contributed by atoms with Gasteiger partial charge in [-0.1, -0.05) is 42.0 Å². The average molecular weight is 363 g/mol. The molecule has 3 aliphatic carbocycles. The molecule has 1 saturated carbocycles. The van der Waals surface area contributed by atoms with E-state index < -0.39 is 11.4 Å². The van der Waals surface area contributed by atoms with Crippen LogP contribution in [0.2, 0.25) is 0 Å². The summed E-state index contributed by atoms with van der Waals surface area (Å²) in [7, 11) is 1.69. The first-order valence-corrected chi connectivity index (χ1v) is 9.74. The van der Waals surface area contributed by atoms with Gasteiger partial charge in [-0.25, -0.2) is 0 Å². The maximum atomic E-state index is 12.7. The molecule has 1 heterocycles. The number of rotatable bonds is 3. The van der Waals surface area contributed by atoms with Crippen LogP contribution in [0.1, 0.15) is 41.0 Å². The van der Waals surface area contributed by atoms with Gasteiger partial charge < -0.3 is 15.2 Å². The molecule has 140 valence electrons. The van der Waals surface area contributed by atoms with Gasteiger partial charge in [0.1, 0.15) is 5.75 Å². The van der Waals surface area contributed by atoms with Gasteiger partial charge in [0.25, 0.3) is 0 Å². The van der Waals surface area contributed by atoms with Crippen LogP contribution in [0, 0.1) is 18.3 Å². The minimum Gasteiger partial charge on any atom is -0.496 e. The van der Waals surface area contributed by atoms with Crippen molar-refractivity contribution in [3.63, 3.8) is 0 Å². The molecule has 2 N–H and O–H groups in total. The largest absolute Gasteiger partial charge is 0.496 e. The number of carbonyl (C=O) groups is 1. The van der Waals surface area contributed by atoms with Crippen LogP contribution in [0.25, 0.3) is 0 Å². The van der Waals surface area contributed by atoms with Gasteiger partial charge in [0.05, 0.1) is 12.5 Å². The SMILES string of the molecule is COc1cccc2c1C1CCC2(c2ccc(C)cc2)C2CNCC12C(=O)O. The molecule has 0 amide bonds. The van der Waals surface area contributed by atoms with Gasteiger partial charge in [0.15, 0.2) is 0 Å². The number of carboxylic acid groups (broad SMARTS) is 1. The maximum Gasteiger partial charge on any atom is 0.311 e. The molecule has 1 aliphatic heterocycles. The van der Waals surface area contributed by atoms with Crippen molar-refractivity contribution in [1.82, 2.24) is 5.32 Å². The zero-order valence-corrected chi connectivity index (χ0v) is 15.8. The molecule has 2 aromatic carbocycles. The lowest BCUT2D eigenvalue weighted by Gasteiger charge is -2.59. The van der Waals surface area contributed by atoms with E-state index in [0.29, 0.717) is 6.54 Å². The van der Waals surface area contributed by atoms with Crippen LogP contribution in [-0.2, 0) is 10.2 Å². The fourth-order valence-corrected chi connectivity index (χ4v) is 6.43. The molecule has 2 fully saturated rings. The van der Waals surface area contributed by atoms with Crippen molar-refractivity contribution in [2.75, 3.05) is 20.2 Å². The highest BCUT2D eigenvalue weighted by atomic mass is 16.5. The van der Waals surface area contributed by atoms with E-state index in [-0.39, 0.29) is 17.3 Å². The number of aryl methyl sites for hydroxylation is 1. The predicted molar refractivity (Wildman–Crippen MR) is 103 cm³/mol. The van der Waals surface area contributed by atoms with E-state index in [9.17, 15) is 9.90 Å². The van der Waals surface area contributed by atoms with E-state index in [2.05, 4.69) is 48.6 Å². The highest BCUT2D eigenvalue weighted by Crippen LogP contribution is 2.69. The molecule has 2 aromatic rings. The lowest BCUT2D eigenvalue weighted by Crippen LogP contribution is -2.60. The number of benzene rings is 2.